The van der Waals surface area contributed by atoms with E-state index < -0.39 is 11.0 Å². The molecular weight excluding hydrogens is 439 g/mol. The highest BCUT2D eigenvalue weighted by Crippen LogP contribution is 2.40. The van der Waals surface area contributed by atoms with Gasteiger partial charge in [-0.25, -0.2) is 13.3 Å². The molecule has 3 atom stereocenters. The van der Waals surface area contributed by atoms with E-state index in [0.29, 0.717) is 39.7 Å². The molecule has 7 nitrogen and oxygen atoms in total. The van der Waals surface area contributed by atoms with Gasteiger partial charge >= 0.3 is 0 Å². The summed E-state index contributed by atoms with van der Waals surface area (Å²) in [7, 11) is -1.33. The molecule has 2 aromatic heterocycles. The molecule has 1 aromatic carbocycles. The second-order valence-electron chi connectivity index (χ2n) is 8.87. The summed E-state index contributed by atoms with van der Waals surface area (Å²) < 4.78 is 29.3. The van der Waals surface area contributed by atoms with Crippen LogP contribution in [0.15, 0.2) is 29.3 Å². The Labute approximate surface area is 196 Å². The molecule has 0 spiro atoms. The molecule has 0 saturated heterocycles. The molecule has 9 heteroatoms. The molecule has 0 bridgehead atoms. The quantitative estimate of drug-likeness (QED) is 0.385. The average molecular weight is 473 g/mol. The molecule has 1 fully saturated rings. The first-order chi connectivity index (χ1) is 16.0. The van der Waals surface area contributed by atoms with Crippen LogP contribution in [0.2, 0.25) is 0 Å². The number of fused-ring (bicyclic) bond motifs is 1. The number of nitrogens with zero attached hydrogens (tertiary/aromatic N) is 2. The topological polar surface area (TPSA) is 98.5 Å². The Balaban J connectivity index is 0.00000126. The summed E-state index contributed by atoms with van der Waals surface area (Å²) in [5, 5.41) is 18.0. The molecule has 0 radical (unpaired) electrons. The second-order valence-corrected chi connectivity index (χ2v) is 10.1. The van der Waals surface area contributed by atoms with Crippen molar-refractivity contribution in [3.05, 3.63) is 52.7 Å². The van der Waals surface area contributed by atoms with E-state index in [1.165, 1.54) is 17.7 Å². The number of H-pyrrole nitrogens is 2. The third-order valence-corrected chi connectivity index (χ3v) is 7.68. The highest BCUT2D eigenvalue weighted by Gasteiger charge is 2.29. The number of aromatic nitrogens is 4. The minimum atomic E-state index is -1.33. The maximum Gasteiger partial charge on any atom is 0.152 e. The predicted molar refractivity (Wildman–Crippen MR) is 129 cm³/mol. The maximum absolute atomic E-state index is 14.8. The van der Waals surface area contributed by atoms with E-state index in [9.17, 15) is 8.60 Å². The van der Waals surface area contributed by atoms with Gasteiger partial charge in [0, 0.05) is 35.5 Å². The van der Waals surface area contributed by atoms with E-state index in [1.807, 2.05) is 26.1 Å². The van der Waals surface area contributed by atoms with Crippen LogP contribution in [0.5, 0.6) is 0 Å². The number of halogens is 1. The maximum atomic E-state index is 14.8. The summed E-state index contributed by atoms with van der Waals surface area (Å²) in [6.07, 6.45) is 6.36. The number of benzene rings is 1. The minimum absolute atomic E-state index is 0.271. The lowest BCUT2D eigenvalue weighted by Gasteiger charge is -2.12. The van der Waals surface area contributed by atoms with Crippen molar-refractivity contribution in [3.8, 4) is 0 Å². The van der Waals surface area contributed by atoms with Crippen LogP contribution >= 0.6 is 0 Å². The van der Waals surface area contributed by atoms with Gasteiger partial charge in [-0.3, -0.25) is 10.2 Å². The molecule has 178 valence electrons. The number of nitrogens with one attached hydrogen (secondary N) is 4. The van der Waals surface area contributed by atoms with E-state index in [2.05, 4.69) is 44.3 Å². The van der Waals surface area contributed by atoms with E-state index in [-0.39, 0.29) is 12.4 Å². The van der Waals surface area contributed by atoms with Gasteiger partial charge in [-0.15, -0.1) is 0 Å². The summed E-state index contributed by atoms with van der Waals surface area (Å²) in [6, 6.07) is 5.30. The minimum Gasteiger partial charge on any atom is -0.336 e. The largest absolute Gasteiger partial charge is 0.336 e. The highest BCUT2D eigenvalue weighted by atomic mass is 32.2. The number of hydrogen-bond acceptors (Lipinski definition) is 4. The van der Waals surface area contributed by atoms with Crippen molar-refractivity contribution in [2.24, 2.45) is 5.92 Å². The van der Waals surface area contributed by atoms with Crippen molar-refractivity contribution in [2.45, 2.75) is 76.7 Å². The zero-order chi connectivity index (χ0) is 23.5. The molecule has 1 aliphatic carbocycles. The summed E-state index contributed by atoms with van der Waals surface area (Å²) in [4.78, 5) is 0.514. The van der Waals surface area contributed by atoms with Crippen LogP contribution in [0.3, 0.4) is 0 Å². The monoisotopic (exact) mass is 472 g/mol. The second kappa shape index (κ2) is 10.2. The van der Waals surface area contributed by atoms with Gasteiger partial charge < -0.3 is 5.32 Å². The van der Waals surface area contributed by atoms with Crippen molar-refractivity contribution in [3.63, 3.8) is 0 Å². The standard InChI is InChI=1S/C22H27FN6OS.C2H6/c1-12(2)15-10-24-27-19(15)8-13-3-4-14(7-13)18-9-21(29-28-18)26-17-5-6-20-16(22(17)23)11-25-31(20)30;1-2/h5-6,9-10,12-14,25H,3-4,7-8,11H2,1-2H3,(H,24,27)(H2,26,28,29);1-2H3. The van der Waals surface area contributed by atoms with E-state index in [1.54, 1.807) is 12.1 Å². The van der Waals surface area contributed by atoms with E-state index in [0.717, 1.165) is 25.0 Å². The van der Waals surface area contributed by atoms with Crippen molar-refractivity contribution in [1.82, 2.24) is 25.1 Å². The first-order valence-corrected chi connectivity index (χ1v) is 13.0. The third kappa shape index (κ3) is 4.89. The van der Waals surface area contributed by atoms with Gasteiger partial charge in [0.25, 0.3) is 0 Å². The Kier molecular flexibility index (Phi) is 7.29. The van der Waals surface area contributed by atoms with E-state index >= 15 is 0 Å². The zero-order valence-corrected chi connectivity index (χ0v) is 20.5. The van der Waals surface area contributed by atoms with Crippen LogP contribution < -0.4 is 10.0 Å². The zero-order valence-electron chi connectivity index (χ0n) is 19.7. The smallest absolute Gasteiger partial charge is 0.152 e. The third-order valence-electron chi connectivity index (χ3n) is 6.49. The van der Waals surface area contributed by atoms with Crippen LogP contribution in [0.4, 0.5) is 15.9 Å². The Morgan fingerprint density at radius 1 is 1.24 bits per heavy atom. The summed E-state index contributed by atoms with van der Waals surface area (Å²) in [5.41, 5.74) is 4.46. The van der Waals surface area contributed by atoms with Gasteiger partial charge in [0.2, 0.25) is 0 Å². The molecule has 33 heavy (non-hydrogen) atoms. The summed E-state index contributed by atoms with van der Waals surface area (Å²) in [6.45, 7) is 8.67. The van der Waals surface area contributed by atoms with Gasteiger partial charge in [-0.1, -0.05) is 27.7 Å². The molecular formula is C24H33FN6OS. The fourth-order valence-corrected chi connectivity index (χ4v) is 5.82. The predicted octanol–water partition coefficient (Wildman–Crippen LogP) is 5.42. The molecule has 0 amide bonds. The molecule has 3 aromatic rings. The van der Waals surface area contributed by atoms with Crippen LogP contribution in [0, 0.1) is 11.7 Å². The van der Waals surface area contributed by atoms with Gasteiger partial charge in [0.05, 0.1) is 16.8 Å². The number of aromatic amines is 2. The van der Waals surface area contributed by atoms with Crippen molar-refractivity contribution in [1.29, 1.82) is 0 Å². The Bertz CT molecular complexity index is 1120. The summed E-state index contributed by atoms with van der Waals surface area (Å²) >= 11 is 0. The molecule has 4 N–H and O–H groups in total. The Morgan fingerprint density at radius 3 is 2.85 bits per heavy atom. The van der Waals surface area contributed by atoms with Crippen molar-refractivity contribution < 1.29 is 8.60 Å². The number of hydrogen-bond donors (Lipinski definition) is 4. The van der Waals surface area contributed by atoms with Gasteiger partial charge in [0.15, 0.2) is 11.6 Å². The normalized spacial score (nSPS) is 21.7. The summed E-state index contributed by atoms with van der Waals surface area (Å²) in [5.74, 6) is 1.74. The highest BCUT2D eigenvalue weighted by molar-refractivity contribution is 7.83. The molecule has 1 saturated carbocycles. The van der Waals surface area contributed by atoms with Crippen LogP contribution in [-0.2, 0) is 24.0 Å². The van der Waals surface area contributed by atoms with Gasteiger partial charge in [-0.05, 0) is 55.2 Å². The molecule has 3 unspecified atom stereocenters. The lowest BCUT2D eigenvalue weighted by atomic mass is 9.94. The first kappa shape index (κ1) is 23.6. The Morgan fingerprint density at radius 2 is 2.06 bits per heavy atom. The van der Waals surface area contributed by atoms with Crippen LogP contribution in [0.25, 0.3) is 0 Å². The van der Waals surface area contributed by atoms with E-state index in [4.69, 9.17) is 0 Å². The van der Waals surface area contributed by atoms with Gasteiger partial charge in [-0.2, -0.15) is 10.2 Å². The van der Waals surface area contributed by atoms with Gasteiger partial charge in [0.1, 0.15) is 11.0 Å². The first-order valence-electron chi connectivity index (χ1n) is 11.8. The fraction of sp³-hybridized carbons (Fsp3) is 0.500. The molecule has 1 aliphatic heterocycles. The number of anilines is 2. The fourth-order valence-electron chi connectivity index (χ4n) is 4.82. The Hall–Kier alpha value is -2.52. The molecule has 2 aliphatic rings. The molecule has 3 heterocycles. The lowest BCUT2D eigenvalue weighted by Crippen LogP contribution is -2.05. The van der Waals surface area contributed by atoms with Crippen LogP contribution in [-0.4, -0.2) is 24.6 Å². The lowest BCUT2D eigenvalue weighted by molar-refractivity contribution is 0.523. The average Bonchev–Trinajstić information content (AvgIpc) is 3.60. The van der Waals surface area contributed by atoms with Crippen molar-refractivity contribution >= 4 is 22.5 Å². The van der Waals surface area contributed by atoms with Crippen molar-refractivity contribution in [2.75, 3.05) is 5.32 Å². The SMILES string of the molecule is CC.CC(C)c1cn[nH]c1CC1CCC(c2cc(Nc3ccc4c(c3F)CNS4=O)n[nH]2)C1. The molecule has 5 rings (SSSR count). The number of rotatable bonds is 6. The van der Waals surface area contributed by atoms with Crippen LogP contribution in [0.1, 0.15) is 81.3 Å².